The summed E-state index contributed by atoms with van der Waals surface area (Å²) in [6.07, 6.45) is 0.341. The van der Waals surface area contributed by atoms with E-state index < -0.39 is 8.32 Å². The second-order valence-corrected chi connectivity index (χ2v) is 10.7. The molecule has 1 rings (SSSR count). The van der Waals surface area contributed by atoms with Gasteiger partial charge in [0, 0.05) is 26.2 Å². The Morgan fingerprint density at radius 3 is 1.93 bits per heavy atom. The van der Waals surface area contributed by atoms with Gasteiger partial charge in [-0.25, -0.2) is 0 Å². The molecule has 1 fully saturated rings. The van der Waals surface area contributed by atoms with Gasteiger partial charge < -0.3 is 15.1 Å². The maximum atomic E-state index is 6.34. The van der Waals surface area contributed by atoms with Crippen molar-refractivity contribution in [2.24, 2.45) is 0 Å². The summed E-state index contributed by atoms with van der Waals surface area (Å²) in [6, 6.07) is 0. The van der Waals surface area contributed by atoms with Crippen molar-refractivity contribution in [1.82, 2.24) is 10.6 Å². The Morgan fingerprint density at radius 1 is 1.07 bits per heavy atom. The first-order valence-electron chi connectivity index (χ1n) is 5.92. The molecule has 1 saturated heterocycles. The summed E-state index contributed by atoms with van der Waals surface area (Å²) in [5.41, 5.74) is 0. The minimum Gasteiger partial charge on any atom is -0.411 e. The van der Waals surface area contributed by atoms with Crippen LogP contribution in [-0.4, -0.2) is 40.6 Å². The SMILES string of the molecule is CC(C)(C)[Si](C)(C)OC1CNCCNC1. The molecule has 4 heteroatoms. The van der Waals surface area contributed by atoms with E-state index in [2.05, 4.69) is 44.5 Å². The second-order valence-electron chi connectivity index (χ2n) is 5.91. The summed E-state index contributed by atoms with van der Waals surface area (Å²) in [5, 5.41) is 7.12. The first-order valence-corrected chi connectivity index (χ1v) is 8.83. The van der Waals surface area contributed by atoms with E-state index in [1.165, 1.54) is 0 Å². The monoisotopic (exact) mass is 230 g/mol. The first-order chi connectivity index (χ1) is 6.83. The van der Waals surface area contributed by atoms with E-state index in [-0.39, 0.29) is 0 Å². The highest BCUT2D eigenvalue weighted by Gasteiger charge is 2.39. The van der Waals surface area contributed by atoms with E-state index in [4.69, 9.17) is 4.43 Å². The Bertz CT molecular complexity index is 193. The maximum Gasteiger partial charge on any atom is 0.192 e. The van der Waals surface area contributed by atoms with Crippen molar-refractivity contribution in [2.45, 2.75) is 45.0 Å². The van der Waals surface area contributed by atoms with Crippen LogP contribution in [0.2, 0.25) is 18.1 Å². The Labute approximate surface area is 95.1 Å². The van der Waals surface area contributed by atoms with Crippen LogP contribution in [0.3, 0.4) is 0 Å². The van der Waals surface area contributed by atoms with E-state index in [1.54, 1.807) is 0 Å². The second kappa shape index (κ2) is 4.95. The molecular weight excluding hydrogens is 204 g/mol. The molecule has 3 nitrogen and oxygen atoms in total. The molecule has 0 bridgehead atoms. The van der Waals surface area contributed by atoms with Gasteiger partial charge in [0.15, 0.2) is 8.32 Å². The van der Waals surface area contributed by atoms with Crippen molar-refractivity contribution in [3.63, 3.8) is 0 Å². The van der Waals surface area contributed by atoms with Crippen LogP contribution < -0.4 is 10.6 Å². The third-order valence-electron chi connectivity index (χ3n) is 3.49. The lowest BCUT2D eigenvalue weighted by atomic mass is 10.2. The fourth-order valence-electron chi connectivity index (χ4n) is 1.45. The highest BCUT2D eigenvalue weighted by molar-refractivity contribution is 6.74. The van der Waals surface area contributed by atoms with Crippen molar-refractivity contribution in [3.8, 4) is 0 Å². The molecule has 15 heavy (non-hydrogen) atoms. The van der Waals surface area contributed by atoms with Gasteiger partial charge in [-0.15, -0.1) is 0 Å². The van der Waals surface area contributed by atoms with Gasteiger partial charge in [0.05, 0.1) is 6.10 Å². The van der Waals surface area contributed by atoms with Crippen molar-refractivity contribution < 1.29 is 4.43 Å². The van der Waals surface area contributed by atoms with Crippen LogP contribution in [0.1, 0.15) is 20.8 Å². The highest BCUT2D eigenvalue weighted by atomic mass is 28.4. The molecule has 0 atom stereocenters. The zero-order valence-electron chi connectivity index (χ0n) is 10.8. The maximum absolute atomic E-state index is 6.34. The van der Waals surface area contributed by atoms with Gasteiger partial charge >= 0.3 is 0 Å². The zero-order valence-corrected chi connectivity index (χ0v) is 11.8. The predicted molar refractivity (Wildman–Crippen MR) is 67.8 cm³/mol. The Morgan fingerprint density at radius 2 is 1.53 bits per heavy atom. The van der Waals surface area contributed by atoms with E-state index in [0.29, 0.717) is 11.1 Å². The molecular formula is C11H26N2OSi. The van der Waals surface area contributed by atoms with Crippen molar-refractivity contribution >= 4 is 8.32 Å². The van der Waals surface area contributed by atoms with E-state index >= 15 is 0 Å². The van der Waals surface area contributed by atoms with Gasteiger partial charge in [-0.05, 0) is 18.1 Å². The van der Waals surface area contributed by atoms with Crippen LogP contribution in [-0.2, 0) is 4.43 Å². The van der Waals surface area contributed by atoms with Gasteiger partial charge in [-0.2, -0.15) is 0 Å². The predicted octanol–water partition coefficient (Wildman–Crippen LogP) is 1.57. The summed E-state index contributed by atoms with van der Waals surface area (Å²) in [6.45, 7) is 15.6. The topological polar surface area (TPSA) is 33.3 Å². The molecule has 0 radical (unpaired) electrons. The lowest BCUT2D eigenvalue weighted by Gasteiger charge is -2.39. The molecule has 0 unspecified atom stereocenters. The van der Waals surface area contributed by atoms with Crippen LogP contribution in [0.4, 0.5) is 0 Å². The summed E-state index contributed by atoms with van der Waals surface area (Å²) in [7, 11) is -1.59. The van der Waals surface area contributed by atoms with E-state index in [1.807, 2.05) is 0 Å². The van der Waals surface area contributed by atoms with Gasteiger partial charge in [0.1, 0.15) is 0 Å². The fraction of sp³-hybridized carbons (Fsp3) is 1.00. The molecule has 0 aromatic heterocycles. The number of hydrogen-bond acceptors (Lipinski definition) is 3. The summed E-state index contributed by atoms with van der Waals surface area (Å²) in [4.78, 5) is 0. The van der Waals surface area contributed by atoms with Crippen LogP contribution in [0.5, 0.6) is 0 Å². The molecule has 0 spiro atoms. The largest absolute Gasteiger partial charge is 0.411 e. The van der Waals surface area contributed by atoms with E-state index in [0.717, 1.165) is 26.2 Å². The molecule has 1 aliphatic heterocycles. The minimum atomic E-state index is -1.59. The van der Waals surface area contributed by atoms with Crippen molar-refractivity contribution in [3.05, 3.63) is 0 Å². The van der Waals surface area contributed by atoms with Gasteiger partial charge in [0.25, 0.3) is 0 Å². The quantitative estimate of drug-likeness (QED) is 0.707. The Kier molecular flexibility index (Phi) is 4.35. The average molecular weight is 230 g/mol. The molecule has 1 heterocycles. The first kappa shape index (κ1) is 13.2. The van der Waals surface area contributed by atoms with Crippen molar-refractivity contribution in [2.75, 3.05) is 26.2 Å². The smallest absolute Gasteiger partial charge is 0.192 e. The number of nitrogens with one attached hydrogen (secondary N) is 2. The molecule has 0 aromatic carbocycles. The Hall–Kier alpha value is 0.0969. The van der Waals surface area contributed by atoms with Crippen molar-refractivity contribution in [1.29, 1.82) is 0 Å². The number of hydrogen-bond donors (Lipinski definition) is 2. The Balaban J connectivity index is 2.51. The number of rotatable bonds is 2. The average Bonchev–Trinajstić information content (AvgIpc) is 2.30. The molecule has 2 N–H and O–H groups in total. The molecule has 1 aliphatic rings. The fourth-order valence-corrected chi connectivity index (χ4v) is 2.81. The van der Waals surface area contributed by atoms with Gasteiger partial charge in [0.2, 0.25) is 0 Å². The molecule has 0 saturated carbocycles. The summed E-state index contributed by atoms with van der Waals surface area (Å²) < 4.78 is 6.34. The van der Waals surface area contributed by atoms with Crippen LogP contribution in [0, 0.1) is 0 Å². The lowest BCUT2D eigenvalue weighted by Crippen LogP contribution is -2.47. The molecule has 0 aliphatic carbocycles. The standard InChI is InChI=1S/C11H26N2OSi/c1-11(2,3)15(4,5)14-10-8-12-6-7-13-9-10/h10,12-13H,6-9H2,1-5H3. The van der Waals surface area contributed by atoms with E-state index in [9.17, 15) is 0 Å². The molecule has 0 aromatic rings. The minimum absolute atomic E-state index is 0.305. The zero-order chi connectivity index (χ0) is 11.5. The van der Waals surface area contributed by atoms with Crippen LogP contribution in [0.15, 0.2) is 0 Å². The van der Waals surface area contributed by atoms with Crippen LogP contribution in [0.25, 0.3) is 0 Å². The molecule has 90 valence electrons. The van der Waals surface area contributed by atoms with Crippen LogP contribution >= 0.6 is 0 Å². The summed E-state index contributed by atoms with van der Waals surface area (Å²) in [5.74, 6) is 0. The normalized spacial score (nSPS) is 21.4. The third kappa shape index (κ3) is 3.87. The third-order valence-corrected chi connectivity index (χ3v) is 8.03. The lowest BCUT2D eigenvalue weighted by molar-refractivity contribution is 0.184. The van der Waals surface area contributed by atoms with Gasteiger partial charge in [-0.3, -0.25) is 0 Å². The molecule has 0 amide bonds. The van der Waals surface area contributed by atoms with Gasteiger partial charge in [-0.1, -0.05) is 20.8 Å². The highest BCUT2D eigenvalue weighted by Crippen LogP contribution is 2.37. The summed E-state index contributed by atoms with van der Waals surface area (Å²) >= 11 is 0.